The molecule has 6 nitrogen and oxygen atoms in total. The van der Waals surface area contributed by atoms with Gasteiger partial charge in [-0.15, -0.1) is 0 Å². The third-order valence-electron chi connectivity index (χ3n) is 6.16. The SMILES string of the molecule is Cc1cc(/C=C(\C#N)C(=O)OCC(=O)NC2CCCC2)c(C)n1C1CCCCC1. The Kier molecular flexibility index (Phi) is 7.13. The first-order valence-corrected chi connectivity index (χ1v) is 10.8. The highest BCUT2D eigenvalue weighted by molar-refractivity contribution is 5.99. The number of nitriles is 1. The maximum Gasteiger partial charge on any atom is 0.349 e. The van der Waals surface area contributed by atoms with Crippen molar-refractivity contribution in [3.05, 3.63) is 28.6 Å². The Morgan fingerprint density at radius 1 is 1.17 bits per heavy atom. The zero-order valence-electron chi connectivity index (χ0n) is 17.5. The first-order valence-electron chi connectivity index (χ1n) is 10.8. The summed E-state index contributed by atoms with van der Waals surface area (Å²) in [6.45, 7) is 3.74. The fraction of sp³-hybridized carbons (Fsp3) is 0.609. The second kappa shape index (κ2) is 9.78. The van der Waals surface area contributed by atoms with Crippen LogP contribution in [0.3, 0.4) is 0 Å². The molecule has 0 bridgehead atoms. The lowest BCUT2D eigenvalue weighted by atomic mass is 9.95. The normalized spacial score (nSPS) is 18.4. The third kappa shape index (κ3) is 5.29. The van der Waals surface area contributed by atoms with Crippen molar-refractivity contribution < 1.29 is 14.3 Å². The van der Waals surface area contributed by atoms with E-state index in [4.69, 9.17) is 4.74 Å². The van der Waals surface area contributed by atoms with Gasteiger partial charge in [-0.1, -0.05) is 32.1 Å². The predicted octanol–water partition coefficient (Wildman–Crippen LogP) is 4.12. The number of carbonyl (C=O) groups is 2. The smallest absolute Gasteiger partial charge is 0.349 e. The van der Waals surface area contributed by atoms with Gasteiger partial charge in [0.25, 0.3) is 5.91 Å². The Labute approximate surface area is 172 Å². The topological polar surface area (TPSA) is 84.1 Å². The summed E-state index contributed by atoms with van der Waals surface area (Å²) in [5.74, 6) is -1.06. The molecule has 29 heavy (non-hydrogen) atoms. The van der Waals surface area contributed by atoms with E-state index in [2.05, 4.69) is 16.8 Å². The first kappa shape index (κ1) is 21.2. The van der Waals surface area contributed by atoms with E-state index >= 15 is 0 Å². The molecule has 1 aromatic rings. The molecule has 0 radical (unpaired) electrons. The average Bonchev–Trinajstić information content (AvgIpc) is 3.32. The number of aryl methyl sites for hydroxylation is 1. The monoisotopic (exact) mass is 397 g/mol. The van der Waals surface area contributed by atoms with Crippen LogP contribution in [0.15, 0.2) is 11.6 Å². The first-order chi connectivity index (χ1) is 14.0. The number of aromatic nitrogens is 1. The molecule has 1 heterocycles. The largest absolute Gasteiger partial charge is 0.451 e. The molecule has 2 aliphatic carbocycles. The fourth-order valence-electron chi connectivity index (χ4n) is 4.69. The highest BCUT2D eigenvalue weighted by Crippen LogP contribution is 2.32. The van der Waals surface area contributed by atoms with E-state index in [9.17, 15) is 14.9 Å². The van der Waals surface area contributed by atoms with E-state index in [0.717, 1.165) is 42.6 Å². The van der Waals surface area contributed by atoms with Crippen LogP contribution in [0.4, 0.5) is 0 Å². The summed E-state index contributed by atoms with van der Waals surface area (Å²) in [6, 6.07) is 4.61. The van der Waals surface area contributed by atoms with Crippen molar-refractivity contribution in [1.29, 1.82) is 5.26 Å². The van der Waals surface area contributed by atoms with E-state index in [1.807, 2.05) is 19.1 Å². The summed E-state index contributed by atoms with van der Waals surface area (Å²) in [5.41, 5.74) is 2.98. The molecular formula is C23H31N3O3. The quantitative estimate of drug-likeness (QED) is 0.445. The van der Waals surface area contributed by atoms with Gasteiger partial charge in [0.05, 0.1) is 0 Å². The number of amides is 1. The van der Waals surface area contributed by atoms with Crippen molar-refractivity contribution in [2.24, 2.45) is 0 Å². The summed E-state index contributed by atoms with van der Waals surface area (Å²) in [5, 5.41) is 12.3. The van der Waals surface area contributed by atoms with Crippen LogP contribution in [0, 0.1) is 25.2 Å². The summed E-state index contributed by atoms with van der Waals surface area (Å²) < 4.78 is 7.42. The molecule has 1 N–H and O–H groups in total. The van der Waals surface area contributed by atoms with Crippen molar-refractivity contribution in [2.45, 2.75) is 83.7 Å². The highest BCUT2D eigenvalue weighted by atomic mass is 16.5. The number of rotatable bonds is 6. The number of hydrogen-bond acceptors (Lipinski definition) is 4. The van der Waals surface area contributed by atoms with Gasteiger partial charge in [0.2, 0.25) is 0 Å². The van der Waals surface area contributed by atoms with Crippen molar-refractivity contribution in [2.75, 3.05) is 6.61 Å². The van der Waals surface area contributed by atoms with Gasteiger partial charge in [0.1, 0.15) is 11.6 Å². The second-order valence-electron chi connectivity index (χ2n) is 8.28. The van der Waals surface area contributed by atoms with Gasteiger partial charge >= 0.3 is 5.97 Å². The van der Waals surface area contributed by atoms with Gasteiger partial charge in [-0.25, -0.2) is 4.79 Å². The van der Waals surface area contributed by atoms with Crippen LogP contribution in [0.5, 0.6) is 0 Å². The van der Waals surface area contributed by atoms with E-state index in [0.29, 0.717) is 6.04 Å². The molecule has 1 aromatic heterocycles. The van der Waals surface area contributed by atoms with Gasteiger partial charge in [0, 0.05) is 23.5 Å². The number of carbonyl (C=O) groups excluding carboxylic acids is 2. The van der Waals surface area contributed by atoms with Crippen molar-refractivity contribution in [3.8, 4) is 6.07 Å². The van der Waals surface area contributed by atoms with Crippen LogP contribution in [-0.2, 0) is 14.3 Å². The number of hydrogen-bond donors (Lipinski definition) is 1. The fourth-order valence-corrected chi connectivity index (χ4v) is 4.69. The molecule has 156 valence electrons. The van der Waals surface area contributed by atoms with Gasteiger partial charge in [-0.2, -0.15) is 5.26 Å². The number of nitrogens with one attached hydrogen (secondary N) is 1. The van der Waals surface area contributed by atoms with Gasteiger partial charge in [0.15, 0.2) is 6.61 Å². The Morgan fingerprint density at radius 3 is 2.48 bits per heavy atom. The van der Waals surface area contributed by atoms with Crippen LogP contribution >= 0.6 is 0 Å². The number of esters is 1. The van der Waals surface area contributed by atoms with Crippen LogP contribution in [0.2, 0.25) is 0 Å². The second-order valence-corrected chi connectivity index (χ2v) is 8.28. The Balaban J connectivity index is 1.65. The van der Waals surface area contributed by atoms with Crippen LogP contribution in [0.1, 0.15) is 80.8 Å². The van der Waals surface area contributed by atoms with Crippen LogP contribution in [-0.4, -0.2) is 29.1 Å². The molecule has 0 aliphatic heterocycles. The zero-order valence-corrected chi connectivity index (χ0v) is 17.5. The third-order valence-corrected chi connectivity index (χ3v) is 6.16. The summed E-state index contributed by atoms with van der Waals surface area (Å²) in [6.07, 6.45) is 11.9. The minimum absolute atomic E-state index is 0.0810. The number of ether oxygens (including phenoxy) is 1. The highest BCUT2D eigenvalue weighted by Gasteiger charge is 2.22. The standard InChI is InChI=1S/C23H31N3O3/c1-16-12-18(17(2)26(16)21-10-4-3-5-11-21)13-19(14-24)23(28)29-15-22(27)25-20-8-6-7-9-20/h12-13,20-21H,3-11,15H2,1-2H3,(H,25,27)/b19-13+. The Morgan fingerprint density at radius 2 is 1.83 bits per heavy atom. The van der Waals surface area contributed by atoms with E-state index in [-0.39, 0.29) is 24.1 Å². The van der Waals surface area contributed by atoms with Gasteiger partial charge in [-0.3, -0.25) is 4.79 Å². The lowest BCUT2D eigenvalue weighted by Crippen LogP contribution is -2.36. The predicted molar refractivity (Wildman–Crippen MR) is 111 cm³/mol. The minimum atomic E-state index is -0.753. The Bertz CT molecular complexity index is 819. The molecule has 1 amide bonds. The lowest BCUT2D eigenvalue weighted by Gasteiger charge is -2.26. The van der Waals surface area contributed by atoms with E-state index in [1.54, 1.807) is 6.08 Å². The molecule has 2 fully saturated rings. The molecule has 0 saturated heterocycles. The Hall–Kier alpha value is -2.55. The van der Waals surface area contributed by atoms with E-state index in [1.165, 1.54) is 32.1 Å². The van der Waals surface area contributed by atoms with Gasteiger partial charge in [-0.05, 0) is 57.2 Å². The molecule has 2 aliphatic rings. The molecule has 0 unspecified atom stereocenters. The van der Waals surface area contributed by atoms with Crippen molar-refractivity contribution in [3.63, 3.8) is 0 Å². The molecule has 6 heteroatoms. The maximum atomic E-state index is 12.3. The van der Waals surface area contributed by atoms with Crippen LogP contribution in [0.25, 0.3) is 6.08 Å². The lowest BCUT2D eigenvalue weighted by molar-refractivity contribution is -0.144. The molecule has 2 saturated carbocycles. The minimum Gasteiger partial charge on any atom is -0.451 e. The van der Waals surface area contributed by atoms with Gasteiger partial charge < -0.3 is 14.6 Å². The molecular weight excluding hydrogens is 366 g/mol. The van der Waals surface area contributed by atoms with Crippen molar-refractivity contribution in [1.82, 2.24) is 9.88 Å². The van der Waals surface area contributed by atoms with Crippen LogP contribution < -0.4 is 5.32 Å². The zero-order chi connectivity index (χ0) is 20.8. The molecule has 0 aromatic carbocycles. The molecule has 0 atom stereocenters. The summed E-state index contributed by atoms with van der Waals surface area (Å²) >= 11 is 0. The molecule has 0 spiro atoms. The number of nitrogens with zero attached hydrogens (tertiary/aromatic N) is 2. The summed E-state index contributed by atoms with van der Waals surface area (Å²) in [7, 11) is 0. The van der Waals surface area contributed by atoms with E-state index < -0.39 is 5.97 Å². The maximum absolute atomic E-state index is 12.3. The summed E-state index contributed by atoms with van der Waals surface area (Å²) in [4.78, 5) is 24.3. The molecule has 3 rings (SSSR count). The van der Waals surface area contributed by atoms with Crippen molar-refractivity contribution >= 4 is 18.0 Å². The average molecular weight is 398 g/mol.